The zero-order valence-electron chi connectivity index (χ0n) is 13.4. The molecule has 0 aliphatic rings. The van der Waals surface area contributed by atoms with Crippen LogP contribution in [-0.4, -0.2) is 0 Å². The zero-order valence-corrected chi connectivity index (χ0v) is 13.4. The minimum absolute atomic E-state index is 1.02. The van der Waals surface area contributed by atoms with Gasteiger partial charge in [0.05, 0.1) is 0 Å². The molecule has 0 atom stereocenters. The van der Waals surface area contributed by atoms with E-state index in [1.165, 1.54) is 21.9 Å². The van der Waals surface area contributed by atoms with Crippen LogP contribution in [0.25, 0.3) is 28.0 Å². The fourth-order valence-corrected chi connectivity index (χ4v) is 2.70. The molecule has 0 bridgehead atoms. The summed E-state index contributed by atoms with van der Waals surface area (Å²) in [5, 5.41) is 2.53. The second-order valence-corrected chi connectivity index (χ2v) is 5.74. The van der Waals surface area contributed by atoms with Crippen LogP contribution >= 0.6 is 0 Å². The highest BCUT2D eigenvalue weighted by Gasteiger charge is 2.01. The molecule has 0 spiro atoms. The lowest BCUT2D eigenvalue weighted by Crippen LogP contribution is -1.84. The van der Waals surface area contributed by atoms with Gasteiger partial charge in [-0.25, -0.2) is 0 Å². The molecule has 0 saturated carbocycles. The Morgan fingerprint density at radius 1 is 0.826 bits per heavy atom. The average Bonchev–Trinajstić information content (AvgIpc) is 2.61. The molecule has 0 heterocycles. The molecule has 0 radical (unpaired) electrons. The van der Waals surface area contributed by atoms with Crippen molar-refractivity contribution in [3.8, 4) is 0 Å². The summed E-state index contributed by atoms with van der Waals surface area (Å²) in [7, 11) is 0. The second kappa shape index (κ2) is 6.50. The van der Waals surface area contributed by atoms with Crippen LogP contribution in [0, 0.1) is 0 Å². The minimum atomic E-state index is 1.02. The smallest absolute Gasteiger partial charge is 0.0178 e. The van der Waals surface area contributed by atoms with E-state index >= 15 is 0 Å². The predicted octanol–water partition coefficient (Wildman–Crippen LogP) is 6.60. The number of allylic oxidation sites excluding steroid dienone is 3. The highest BCUT2D eigenvalue weighted by Crippen LogP contribution is 2.24. The lowest BCUT2D eigenvalue weighted by Gasteiger charge is -2.07. The van der Waals surface area contributed by atoms with Crippen molar-refractivity contribution in [3.05, 3.63) is 103 Å². The number of hydrogen-bond donors (Lipinski definition) is 0. The van der Waals surface area contributed by atoms with E-state index in [0.717, 1.165) is 16.7 Å². The average molecular weight is 296 g/mol. The van der Waals surface area contributed by atoms with Gasteiger partial charge in [0.2, 0.25) is 0 Å². The molecule has 0 aromatic heterocycles. The molecule has 112 valence electrons. The normalized spacial score (nSPS) is 11.4. The molecule has 3 rings (SSSR count). The quantitative estimate of drug-likeness (QED) is 0.476. The first kappa shape index (κ1) is 15.1. The van der Waals surface area contributed by atoms with E-state index in [9.17, 15) is 0 Å². The van der Waals surface area contributed by atoms with Gasteiger partial charge in [0.15, 0.2) is 0 Å². The van der Waals surface area contributed by atoms with E-state index in [1.54, 1.807) is 0 Å². The Balaban J connectivity index is 1.89. The molecule has 0 N–H and O–H groups in total. The second-order valence-electron chi connectivity index (χ2n) is 5.74. The maximum atomic E-state index is 4.21. The van der Waals surface area contributed by atoms with Crippen LogP contribution in [0.3, 0.4) is 0 Å². The van der Waals surface area contributed by atoms with Crippen molar-refractivity contribution in [1.82, 2.24) is 0 Å². The van der Waals surface area contributed by atoms with Crippen LogP contribution in [-0.2, 0) is 0 Å². The van der Waals surface area contributed by atoms with E-state index in [4.69, 9.17) is 0 Å². The first-order valence-corrected chi connectivity index (χ1v) is 7.76. The molecule has 23 heavy (non-hydrogen) atoms. The molecular formula is C23H20. The highest BCUT2D eigenvalue weighted by molar-refractivity contribution is 5.88. The largest absolute Gasteiger partial charge is 0.0985 e. The van der Waals surface area contributed by atoms with Crippen molar-refractivity contribution in [2.45, 2.75) is 6.92 Å². The number of rotatable bonds is 4. The van der Waals surface area contributed by atoms with Gasteiger partial charge in [0.1, 0.15) is 0 Å². The molecular weight excluding hydrogens is 276 g/mol. The van der Waals surface area contributed by atoms with Crippen molar-refractivity contribution >= 4 is 28.0 Å². The zero-order chi connectivity index (χ0) is 16.2. The van der Waals surface area contributed by atoms with Crippen molar-refractivity contribution in [1.29, 1.82) is 0 Å². The third-order valence-corrected chi connectivity index (χ3v) is 4.11. The Bertz CT molecular complexity index is 893. The summed E-state index contributed by atoms with van der Waals surface area (Å²) in [5.41, 5.74) is 5.72. The summed E-state index contributed by atoms with van der Waals surface area (Å²) in [5.74, 6) is 0. The number of fused-ring (bicyclic) bond motifs is 1. The monoisotopic (exact) mass is 296 g/mol. The van der Waals surface area contributed by atoms with Crippen LogP contribution in [0.4, 0.5) is 0 Å². The minimum Gasteiger partial charge on any atom is -0.0985 e. The molecule has 3 aromatic carbocycles. The van der Waals surface area contributed by atoms with Gasteiger partial charge in [-0.2, -0.15) is 0 Å². The predicted molar refractivity (Wildman–Crippen MR) is 103 cm³/mol. The lowest BCUT2D eigenvalue weighted by molar-refractivity contribution is 1.57. The van der Waals surface area contributed by atoms with Crippen LogP contribution in [0.15, 0.2) is 86.0 Å². The van der Waals surface area contributed by atoms with Gasteiger partial charge < -0.3 is 0 Å². The lowest BCUT2D eigenvalue weighted by atomic mass is 9.98. The highest BCUT2D eigenvalue weighted by atomic mass is 14.1. The molecule has 0 nitrogen and oxygen atoms in total. The van der Waals surface area contributed by atoms with E-state index in [-0.39, 0.29) is 0 Å². The van der Waals surface area contributed by atoms with Crippen molar-refractivity contribution in [2.75, 3.05) is 0 Å². The van der Waals surface area contributed by atoms with Gasteiger partial charge in [-0.15, -0.1) is 0 Å². The standard InChI is InChI=1S/C23H20/c1-4-19-9-11-20(12-10-19)17(2)15-18(3)22-14-13-21-7-5-6-8-23(21)16-22/h4-16H,1-2H2,3H3. The SMILES string of the molecule is C=Cc1ccc(C(=C)C=C(C)c2ccc3ccccc3c2)cc1. The van der Waals surface area contributed by atoms with Crippen molar-refractivity contribution < 1.29 is 0 Å². The summed E-state index contributed by atoms with van der Waals surface area (Å²) in [6, 6.07) is 23.3. The molecule has 0 aliphatic carbocycles. The first-order valence-electron chi connectivity index (χ1n) is 7.76. The molecule has 0 unspecified atom stereocenters. The maximum absolute atomic E-state index is 4.21. The third kappa shape index (κ3) is 3.32. The molecule has 0 aliphatic heterocycles. The van der Waals surface area contributed by atoms with Gasteiger partial charge in [-0.1, -0.05) is 86.0 Å². The van der Waals surface area contributed by atoms with Gasteiger partial charge in [0, 0.05) is 0 Å². The van der Waals surface area contributed by atoms with Crippen molar-refractivity contribution in [2.24, 2.45) is 0 Å². The van der Waals surface area contributed by atoms with E-state index < -0.39 is 0 Å². The van der Waals surface area contributed by atoms with Crippen LogP contribution in [0.1, 0.15) is 23.6 Å². The van der Waals surface area contributed by atoms with Crippen LogP contribution < -0.4 is 0 Å². The van der Waals surface area contributed by atoms with E-state index in [0.29, 0.717) is 0 Å². The van der Waals surface area contributed by atoms with Gasteiger partial charge in [-0.05, 0) is 51.6 Å². The van der Waals surface area contributed by atoms with Crippen LogP contribution in [0.2, 0.25) is 0 Å². The van der Waals surface area contributed by atoms with Crippen LogP contribution in [0.5, 0.6) is 0 Å². The molecule has 0 saturated heterocycles. The summed E-state index contributed by atoms with van der Waals surface area (Å²) in [6.07, 6.45) is 4.00. The number of benzene rings is 3. The Hall–Kier alpha value is -2.86. The topological polar surface area (TPSA) is 0 Å². The fourth-order valence-electron chi connectivity index (χ4n) is 2.70. The Kier molecular flexibility index (Phi) is 4.25. The summed E-state index contributed by atoms with van der Waals surface area (Å²) in [6.45, 7) is 10.1. The summed E-state index contributed by atoms with van der Waals surface area (Å²) >= 11 is 0. The third-order valence-electron chi connectivity index (χ3n) is 4.11. The van der Waals surface area contributed by atoms with Crippen molar-refractivity contribution in [3.63, 3.8) is 0 Å². The first-order chi connectivity index (χ1) is 11.2. The maximum Gasteiger partial charge on any atom is -0.0178 e. The number of hydrogen-bond acceptors (Lipinski definition) is 0. The Morgan fingerprint density at radius 3 is 2.17 bits per heavy atom. The summed E-state index contributed by atoms with van der Waals surface area (Å²) in [4.78, 5) is 0. The van der Waals surface area contributed by atoms with Gasteiger partial charge in [0.25, 0.3) is 0 Å². The molecule has 0 amide bonds. The van der Waals surface area contributed by atoms with E-state index in [2.05, 4.69) is 92.9 Å². The molecule has 0 fully saturated rings. The molecule has 0 heteroatoms. The Morgan fingerprint density at radius 2 is 1.48 bits per heavy atom. The molecule has 3 aromatic rings. The van der Waals surface area contributed by atoms with E-state index in [1.807, 2.05) is 6.08 Å². The van der Waals surface area contributed by atoms with Gasteiger partial charge in [-0.3, -0.25) is 0 Å². The Labute approximate surface area is 138 Å². The van der Waals surface area contributed by atoms with Gasteiger partial charge >= 0.3 is 0 Å². The summed E-state index contributed by atoms with van der Waals surface area (Å²) < 4.78 is 0. The fraction of sp³-hybridized carbons (Fsp3) is 0.0435.